The minimum Gasteiger partial charge on any atom is -0.497 e. The van der Waals surface area contributed by atoms with E-state index in [4.69, 9.17) is 4.74 Å². The first kappa shape index (κ1) is 20.5. The van der Waals surface area contributed by atoms with E-state index in [1.165, 1.54) is 11.8 Å². The number of methoxy groups -OCH3 is 1. The number of hydrogen-bond donors (Lipinski definition) is 2. The topological polar surface area (TPSA) is 67.4 Å². The van der Waals surface area contributed by atoms with Gasteiger partial charge in [0, 0.05) is 16.5 Å². The number of ether oxygens (including phenoxy) is 1. The van der Waals surface area contributed by atoms with Crippen LogP contribution < -0.4 is 15.4 Å². The van der Waals surface area contributed by atoms with E-state index < -0.39 is 0 Å². The van der Waals surface area contributed by atoms with Gasteiger partial charge in [-0.05, 0) is 73.6 Å². The molecule has 2 aromatic rings. The van der Waals surface area contributed by atoms with Gasteiger partial charge in [-0.15, -0.1) is 0 Å². The quantitative estimate of drug-likeness (QED) is 0.674. The van der Waals surface area contributed by atoms with Crippen LogP contribution in [0.4, 0.5) is 5.69 Å². The molecular formula is C24H26N2O3S. The second kappa shape index (κ2) is 8.96. The van der Waals surface area contributed by atoms with E-state index in [1.54, 1.807) is 13.2 Å². The second-order valence-corrected chi connectivity index (χ2v) is 9.07. The van der Waals surface area contributed by atoms with Crippen molar-refractivity contribution in [3.63, 3.8) is 0 Å². The normalized spacial score (nSPS) is 22.2. The zero-order valence-electron chi connectivity index (χ0n) is 17.2. The average Bonchev–Trinajstić information content (AvgIpc) is 2.75. The maximum absolute atomic E-state index is 12.7. The molecule has 0 bridgehead atoms. The Bertz CT molecular complexity index is 994. The lowest BCUT2D eigenvalue weighted by Gasteiger charge is -2.27. The third-order valence-electron chi connectivity index (χ3n) is 5.68. The monoisotopic (exact) mass is 422 g/mol. The van der Waals surface area contributed by atoms with E-state index in [9.17, 15) is 9.59 Å². The number of anilines is 1. The van der Waals surface area contributed by atoms with Gasteiger partial charge in [0.2, 0.25) is 0 Å². The summed E-state index contributed by atoms with van der Waals surface area (Å²) in [6, 6.07) is 13.3. The number of fused-ring (bicyclic) bond motifs is 1. The van der Waals surface area contributed by atoms with Crippen molar-refractivity contribution in [3.05, 3.63) is 58.5 Å². The van der Waals surface area contributed by atoms with Crippen LogP contribution in [0.2, 0.25) is 0 Å². The van der Waals surface area contributed by atoms with Crippen molar-refractivity contribution in [2.24, 2.45) is 5.92 Å². The zero-order chi connectivity index (χ0) is 21.1. The highest BCUT2D eigenvalue weighted by molar-refractivity contribution is 8.04. The molecule has 2 aliphatic rings. The first-order valence-corrected chi connectivity index (χ1v) is 11.1. The Labute approximate surface area is 181 Å². The van der Waals surface area contributed by atoms with Crippen LogP contribution in [0.15, 0.2) is 52.3 Å². The molecule has 0 spiro atoms. The van der Waals surface area contributed by atoms with Crippen LogP contribution in [0.1, 0.15) is 48.5 Å². The van der Waals surface area contributed by atoms with Crippen molar-refractivity contribution in [2.75, 3.05) is 12.4 Å². The first-order valence-electron chi connectivity index (χ1n) is 10.3. The fraction of sp³-hybridized carbons (Fsp3) is 0.333. The van der Waals surface area contributed by atoms with Gasteiger partial charge in [0.15, 0.2) is 0 Å². The maximum atomic E-state index is 12.7. The predicted molar refractivity (Wildman–Crippen MR) is 121 cm³/mol. The Morgan fingerprint density at radius 1 is 1.17 bits per heavy atom. The van der Waals surface area contributed by atoms with E-state index in [2.05, 4.69) is 17.6 Å². The molecule has 1 heterocycles. The molecule has 1 saturated carbocycles. The molecule has 2 amide bonds. The van der Waals surface area contributed by atoms with Crippen LogP contribution >= 0.6 is 11.8 Å². The van der Waals surface area contributed by atoms with E-state index in [-0.39, 0.29) is 17.9 Å². The molecule has 0 radical (unpaired) electrons. The molecule has 0 aromatic heterocycles. The Hall–Kier alpha value is -2.73. The third kappa shape index (κ3) is 4.70. The fourth-order valence-electron chi connectivity index (χ4n) is 3.86. The average molecular weight is 423 g/mol. The lowest BCUT2D eigenvalue weighted by Crippen LogP contribution is -2.37. The molecule has 2 N–H and O–H groups in total. The molecule has 1 aliphatic heterocycles. The summed E-state index contributed by atoms with van der Waals surface area (Å²) < 4.78 is 5.25. The molecular weight excluding hydrogens is 396 g/mol. The van der Waals surface area contributed by atoms with Crippen LogP contribution in [-0.4, -0.2) is 25.0 Å². The van der Waals surface area contributed by atoms with Gasteiger partial charge >= 0.3 is 0 Å². The molecule has 0 atom stereocenters. The lowest BCUT2D eigenvalue weighted by molar-refractivity contribution is -0.112. The van der Waals surface area contributed by atoms with Gasteiger partial charge in [-0.1, -0.05) is 30.8 Å². The minimum absolute atomic E-state index is 0.0747. The standard InChI is InChI=1S/C24H26N2O3S/c1-15-6-9-18(10-7-15)25-23(27)17-8-11-21-20(14-17)26-24(28)22(30-21)13-16-4-3-5-19(12-16)29-2/h3-5,8,11-15,18H,6-7,9-10H2,1-2H3,(H,25,27)(H,26,28). The van der Waals surface area contributed by atoms with Crippen LogP contribution in [0.3, 0.4) is 0 Å². The molecule has 0 unspecified atom stereocenters. The van der Waals surface area contributed by atoms with E-state index in [0.29, 0.717) is 16.2 Å². The Balaban J connectivity index is 1.48. The van der Waals surface area contributed by atoms with Crippen molar-refractivity contribution in [3.8, 4) is 5.75 Å². The molecule has 1 fully saturated rings. The number of thioether (sulfide) groups is 1. The molecule has 156 valence electrons. The van der Waals surface area contributed by atoms with E-state index in [0.717, 1.165) is 47.8 Å². The predicted octanol–water partition coefficient (Wildman–Crippen LogP) is 5.09. The number of benzene rings is 2. The Kier molecular flexibility index (Phi) is 6.13. The summed E-state index contributed by atoms with van der Waals surface area (Å²) in [6.07, 6.45) is 6.22. The molecule has 6 heteroatoms. The van der Waals surface area contributed by atoms with Crippen molar-refractivity contribution >= 4 is 35.3 Å². The van der Waals surface area contributed by atoms with Crippen molar-refractivity contribution in [1.29, 1.82) is 0 Å². The number of rotatable bonds is 4. The molecule has 2 aromatic carbocycles. The SMILES string of the molecule is COc1cccc(C=C2Sc3ccc(C(=O)NC4CCC(C)CC4)cc3NC2=O)c1. The van der Waals surface area contributed by atoms with Crippen molar-refractivity contribution in [2.45, 2.75) is 43.5 Å². The number of amides is 2. The van der Waals surface area contributed by atoms with Crippen LogP contribution in [0.25, 0.3) is 6.08 Å². The van der Waals surface area contributed by atoms with Crippen LogP contribution in [-0.2, 0) is 4.79 Å². The van der Waals surface area contributed by atoms with Gasteiger partial charge in [-0.25, -0.2) is 0 Å². The largest absolute Gasteiger partial charge is 0.497 e. The number of carbonyl (C=O) groups is 2. The molecule has 1 aliphatic carbocycles. The number of carbonyl (C=O) groups excluding carboxylic acids is 2. The second-order valence-electron chi connectivity index (χ2n) is 7.98. The number of hydrogen-bond acceptors (Lipinski definition) is 4. The van der Waals surface area contributed by atoms with Gasteiger partial charge < -0.3 is 15.4 Å². The molecule has 0 saturated heterocycles. The van der Waals surface area contributed by atoms with Gasteiger partial charge in [-0.2, -0.15) is 0 Å². The van der Waals surface area contributed by atoms with E-state index in [1.807, 2.05) is 42.5 Å². The highest BCUT2D eigenvalue weighted by Gasteiger charge is 2.24. The van der Waals surface area contributed by atoms with Gasteiger partial charge in [0.1, 0.15) is 5.75 Å². The van der Waals surface area contributed by atoms with Crippen molar-refractivity contribution < 1.29 is 14.3 Å². The van der Waals surface area contributed by atoms with E-state index >= 15 is 0 Å². The molecule has 30 heavy (non-hydrogen) atoms. The summed E-state index contributed by atoms with van der Waals surface area (Å²) in [5.74, 6) is 1.24. The van der Waals surface area contributed by atoms with Crippen LogP contribution in [0, 0.1) is 5.92 Å². The summed E-state index contributed by atoms with van der Waals surface area (Å²) in [5, 5.41) is 6.07. The summed E-state index contributed by atoms with van der Waals surface area (Å²) in [6.45, 7) is 2.26. The fourth-order valence-corrected chi connectivity index (χ4v) is 4.79. The van der Waals surface area contributed by atoms with Gasteiger partial charge in [0.25, 0.3) is 11.8 Å². The smallest absolute Gasteiger partial charge is 0.262 e. The maximum Gasteiger partial charge on any atom is 0.262 e. The molecule has 4 rings (SSSR count). The summed E-state index contributed by atoms with van der Waals surface area (Å²) >= 11 is 1.41. The van der Waals surface area contributed by atoms with Gasteiger partial charge in [-0.3, -0.25) is 9.59 Å². The Morgan fingerprint density at radius 2 is 1.97 bits per heavy atom. The third-order valence-corrected chi connectivity index (χ3v) is 6.78. The summed E-state index contributed by atoms with van der Waals surface area (Å²) in [4.78, 5) is 26.8. The highest BCUT2D eigenvalue weighted by Crippen LogP contribution is 2.39. The number of nitrogens with one attached hydrogen (secondary N) is 2. The summed E-state index contributed by atoms with van der Waals surface area (Å²) in [5.41, 5.74) is 2.15. The Morgan fingerprint density at radius 3 is 2.73 bits per heavy atom. The van der Waals surface area contributed by atoms with Crippen LogP contribution in [0.5, 0.6) is 5.75 Å². The van der Waals surface area contributed by atoms with Gasteiger partial charge in [0.05, 0.1) is 17.7 Å². The highest BCUT2D eigenvalue weighted by atomic mass is 32.2. The molecule has 5 nitrogen and oxygen atoms in total. The van der Waals surface area contributed by atoms with Crippen molar-refractivity contribution in [1.82, 2.24) is 5.32 Å². The summed E-state index contributed by atoms with van der Waals surface area (Å²) in [7, 11) is 1.62. The lowest BCUT2D eigenvalue weighted by atomic mass is 9.87. The zero-order valence-corrected chi connectivity index (χ0v) is 18.1. The minimum atomic E-state index is -0.172. The first-order chi connectivity index (χ1) is 14.5.